The Kier molecular flexibility index (Phi) is 4.21. The molecule has 2 aromatic rings. The molecule has 0 aliphatic heterocycles. The molecular formula is C12H17ClN2O. The van der Waals surface area contributed by atoms with Crippen LogP contribution >= 0.6 is 12.4 Å². The number of fused-ring (bicyclic) bond motifs is 1. The van der Waals surface area contributed by atoms with Crippen LogP contribution in [-0.4, -0.2) is 35.6 Å². The molecule has 1 heterocycles. The number of aromatic hydroxyl groups is 1. The lowest BCUT2D eigenvalue weighted by molar-refractivity contribution is 0.414. The number of phenolic OH excluding ortho intramolecular Hbond substituents is 1. The molecule has 0 saturated carbocycles. The van der Waals surface area contributed by atoms with Gasteiger partial charge in [-0.05, 0) is 44.3 Å². The minimum atomic E-state index is 0. The van der Waals surface area contributed by atoms with Crippen molar-refractivity contribution in [2.24, 2.45) is 0 Å². The van der Waals surface area contributed by atoms with Gasteiger partial charge in [-0.25, -0.2) is 0 Å². The van der Waals surface area contributed by atoms with Crippen LogP contribution < -0.4 is 0 Å². The van der Waals surface area contributed by atoms with E-state index in [1.165, 1.54) is 5.56 Å². The Morgan fingerprint density at radius 1 is 1.31 bits per heavy atom. The first-order valence-corrected chi connectivity index (χ1v) is 5.10. The summed E-state index contributed by atoms with van der Waals surface area (Å²) in [6.45, 7) is 1.02. The summed E-state index contributed by atoms with van der Waals surface area (Å²) in [4.78, 5) is 5.36. The highest BCUT2D eigenvalue weighted by Gasteiger charge is 2.04. The molecule has 0 aliphatic carbocycles. The Hall–Kier alpha value is -1.19. The van der Waals surface area contributed by atoms with Crippen LogP contribution in [0.2, 0.25) is 0 Å². The number of aromatic amines is 1. The zero-order valence-corrected chi connectivity index (χ0v) is 10.3. The maximum Gasteiger partial charge on any atom is 0.116 e. The lowest BCUT2D eigenvalue weighted by Crippen LogP contribution is -2.14. The lowest BCUT2D eigenvalue weighted by Gasteiger charge is -2.08. The van der Waals surface area contributed by atoms with Gasteiger partial charge < -0.3 is 15.0 Å². The van der Waals surface area contributed by atoms with Crippen molar-refractivity contribution in [3.05, 3.63) is 30.0 Å². The van der Waals surface area contributed by atoms with Crippen LogP contribution in [0.15, 0.2) is 24.4 Å². The van der Waals surface area contributed by atoms with Gasteiger partial charge in [-0.1, -0.05) is 0 Å². The number of hydrogen-bond acceptors (Lipinski definition) is 2. The van der Waals surface area contributed by atoms with Crippen molar-refractivity contribution in [1.82, 2.24) is 9.88 Å². The van der Waals surface area contributed by atoms with Crippen LogP contribution in [0.1, 0.15) is 5.56 Å². The van der Waals surface area contributed by atoms with Gasteiger partial charge >= 0.3 is 0 Å². The third-order valence-electron chi connectivity index (χ3n) is 2.58. The highest BCUT2D eigenvalue weighted by molar-refractivity contribution is 5.85. The number of likely N-dealkylation sites (N-methyl/N-ethyl adjacent to an activating group) is 1. The first kappa shape index (κ1) is 12.9. The third-order valence-corrected chi connectivity index (χ3v) is 2.58. The summed E-state index contributed by atoms with van der Waals surface area (Å²) in [5.41, 5.74) is 2.34. The second-order valence-electron chi connectivity index (χ2n) is 4.10. The summed E-state index contributed by atoms with van der Waals surface area (Å²) in [5.74, 6) is 0.327. The summed E-state index contributed by atoms with van der Waals surface area (Å²) in [6.07, 6.45) is 3.02. The molecule has 0 fully saturated rings. The van der Waals surface area contributed by atoms with E-state index in [9.17, 15) is 5.11 Å². The SMILES string of the molecule is CN(C)CCc1c[nH]c2ccc(O)cc12.Cl. The number of phenols is 1. The molecule has 0 amide bonds. The van der Waals surface area contributed by atoms with Gasteiger partial charge in [0.25, 0.3) is 0 Å². The van der Waals surface area contributed by atoms with Crippen molar-refractivity contribution in [3.63, 3.8) is 0 Å². The average Bonchev–Trinajstić information content (AvgIpc) is 2.57. The number of hydrogen-bond donors (Lipinski definition) is 2. The predicted octanol–water partition coefficient (Wildman–Crippen LogP) is 2.40. The van der Waals surface area contributed by atoms with Gasteiger partial charge in [0.1, 0.15) is 5.75 Å². The van der Waals surface area contributed by atoms with Gasteiger partial charge in [-0.3, -0.25) is 0 Å². The highest BCUT2D eigenvalue weighted by atomic mass is 35.5. The quantitative estimate of drug-likeness (QED) is 0.865. The number of nitrogens with one attached hydrogen (secondary N) is 1. The number of aromatic nitrogens is 1. The van der Waals surface area contributed by atoms with Crippen molar-refractivity contribution < 1.29 is 5.11 Å². The molecule has 0 bridgehead atoms. The van der Waals surface area contributed by atoms with Crippen LogP contribution in [0.3, 0.4) is 0 Å². The first-order valence-electron chi connectivity index (χ1n) is 5.10. The summed E-state index contributed by atoms with van der Waals surface area (Å²) in [5, 5.41) is 10.5. The molecule has 0 unspecified atom stereocenters. The highest BCUT2D eigenvalue weighted by Crippen LogP contribution is 2.23. The number of H-pyrrole nitrogens is 1. The molecule has 3 nitrogen and oxygen atoms in total. The Balaban J connectivity index is 0.00000128. The topological polar surface area (TPSA) is 39.3 Å². The second kappa shape index (κ2) is 5.23. The van der Waals surface area contributed by atoms with Gasteiger partial charge in [0.15, 0.2) is 0 Å². The molecule has 4 heteroatoms. The summed E-state index contributed by atoms with van der Waals surface area (Å²) in [7, 11) is 4.12. The fraction of sp³-hybridized carbons (Fsp3) is 0.333. The molecule has 2 N–H and O–H groups in total. The molecule has 1 aromatic carbocycles. The molecule has 88 valence electrons. The normalized spacial score (nSPS) is 10.7. The van der Waals surface area contributed by atoms with E-state index in [2.05, 4.69) is 24.0 Å². The Labute approximate surface area is 101 Å². The van der Waals surface area contributed by atoms with E-state index in [1.54, 1.807) is 6.07 Å². The molecule has 0 saturated heterocycles. The lowest BCUT2D eigenvalue weighted by atomic mass is 10.1. The van der Waals surface area contributed by atoms with E-state index in [0.29, 0.717) is 5.75 Å². The Bertz CT molecular complexity index is 465. The fourth-order valence-electron chi connectivity index (χ4n) is 1.72. The van der Waals surface area contributed by atoms with E-state index in [-0.39, 0.29) is 12.4 Å². The predicted molar refractivity (Wildman–Crippen MR) is 69.5 cm³/mol. The molecular weight excluding hydrogens is 224 g/mol. The van der Waals surface area contributed by atoms with Crippen molar-refractivity contribution in [1.29, 1.82) is 0 Å². The van der Waals surface area contributed by atoms with E-state index >= 15 is 0 Å². The second-order valence-corrected chi connectivity index (χ2v) is 4.10. The first-order chi connectivity index (χ1) is 7.16. The molecule has 1 aromatic heterocycles. The Morgan fingerprint density at radius 3 is 2.75 bits per heavy atom. The van der Waals surface area contributed by atoms with Crippen LogP contribution in [-0.2, 0) is 6.42 Å². The number of rotatable bonds is 3. The smallest absolute Gasteiger partial charge is 0.116 e. The van der Waals surface area contributed by atoms with Gasteiger partial charge in [-0.15, -0.1) is 12.4 Å². The van der Waals surface area contributed by atoms with Crippen molar-refractivity contribution >= 4 is 23.3 Å². The van der Waals surface area contributed by atoms with E-state index in [1.807, 2.05) is 18.3 Å². The minimum Gasteiger partial charge on any atom is -0.508 e. The zero-order valence-electron chi connectivity index (χ0n) is 9.53. The third kappa shape index (κ3) is 2.68. The molecule has 0 radical (unpaired) electrons. The van der Waals surface area contributed by atoms with Gasteiger partial charge in [0, 0.05) is 23.6 Å². The monoisotopic (exact) mass is 240 g/mol. The molecule has 0 aliphatic rings. The summed E-state index contributed by atoms with van der Waals surface area (Å²) < 4.78 is 0. The number of halogens is 1. The van der Waals surface area contributed by atoms with Gasteiger partial charge in [0.05, 0.1) is 0 Å². The number of nitrogens with zero attached hydrogens (tertiary/aromatic N) is 1. The number of benzene rings is 1. The largest absolute Gasteiger partial charge is 0.508 e. The molecule has 16 heavy (non-hydrogen) atoms. The minimum absolute atomic E-state index is 0. The van der Waals surface area contributed by atoms with E-state index in [4.69, 9.17) is 0 Å². The van der Waals surface area contributed by atoms with Gasteiger partial charge in [-0.2, -0.15) is 0 Å². The van der Waals surface area contributed by atoms with Crippen molar-refractivity contribution in [2.75, 3.05) is 20.6 Å². The molecule has 2 rings (SSSR count). The summed E-state index contributed by atoms with van der Waals surface area (Å²) >= 11 is 0. The van der Waals surface area contributed by atoms with Crippen molar-refractivity contribution in [2.45, 2.75) is 6.42 Å². The van der Waals surface area contributed by atoms with E-state index in [0.717, 1.165) is 23.9 Å². The maximum atomic E-state index is 9.43. The standard InChI is InChI=1S/C12H16N2O.ClH/c1-14(2)6-5-9-8-13-12-4-3-10(15)7-11(9)12;/h3-4,7-8,13,15H,5-6H2,1-2H3;1H. The summed E-state index contributed by atoms with van der Waals surface area (Å²) in [6, 6.07) is 5.43. The maximum absolute atomic E-state index is 9.43. The fourth-order valence-corrected chi connectivity index (χ4v) is 1.72. The molecule has 0 spiro atoms. The average molecular weight is 241 g/mol. The Morgan fingerprint density at radius 2 is 2.06 bits per heavy atom. The van der Waals surface area contributed by atoms with E-state index < -0.39 is 0 Å². The van der Waals surface area contributed by atoms with Crippen molar-refractivity contribution in [3.8, 4) is 5.75 Å². The van der Waals surface area contributed by atoms with Gasteiger partial charge in [0.2, 0.25) is 0 Å². The molecule has 0 atom stereocenters. The van der Waals surface area contributed by atoms with Crippen LogP contribution in [0, 0.1) is 0 Å². The zero-order chi connectivity index (χ0) is 10.8. The van der Waals surface area contributed by atoms with Crippen LogP contribution in [0.25, 0.3) is 10.9 Å². The van der Waals surface area contributed by atoms with Crippen LogP contribution in [0.5, 0.6) is 5.75 Å². The van der Waals surface area contributed by atoms with Crippen LogP contribution in [0.4, 0.5) is 0 Å².